The van der Waals surface area contributed by atoms with Gasteiger partial charge in [0.1, 0.15) is 6.61 Å². The number of hydrogen-bond donors (Lipinski definition) is 3. The smallest absolute Gasteiger partial charge is 0.407 e. The first kappa shape index (κ1) is 24.7. The summed E-state index contributed by atoms with van der Waals surface area (Å²) in [6.07, 6.45) is -0.341. The number of nitrogens with zero attached hydrogens (tertiary/aromatic N) is 1. The Kier molecular flexibility index (Phi) is 7.70. The summed E-state index contributed by atoms with van der Waals surface area (Å²) in [6, 6.07) is 16.3. The second-order valence-corrected chi connectivity index (χ2v) is 9.57. The molecule has 1 aliphatic heterocycles. The van der Waals surface area contributed by atoms with Crippen LogP contribution in [0.15, 0.2) is 48.5 Å². The van der Waals surface area contributed by atoms with Crippen LogP contribution >= 0.6 is 0 Å². The molecule has 3 N–H and O–H groups in total. The summed E-state index contributed by atoms with van der Waals surface area (Å²) in [4.78, 5) is 37.6. The minimum Gasteiger partial charge on any atom is -0.481 e. The molecule has 8 nitrogen and oxygen atoms in total. The number of amides is 2. The summed E-state index contributed by atoms with van der Waals surface area (Å²) in [5.74, 6) is -1.93. The molecule has 3 unspecified atom stereocenters. The van der Waals surface area contributed by atoms with Crippen LogP contribution in [-0.4, -0.2) is 65.4 Å². The molecule has 8 heteroatoms. The van der Waals surface area contributed by atoms with Crippen LogP contribution in [0.2, 0.25) is 0 Å². The Hall–Kier alpha value is -3.39. The number of carboxylic acids is 1. The molecule has 4 rings (SSSR count). The average Bonchev–Trinajstić information content (AvgIpc) is 3.16. The molecule has 0 radical (unpaired) electrons. The van der Waals surface area contributed by atoms with E-state index in [0.717, 1.165) is 11.1 Å². The van der Waals surface area contributed by atoms with Gasteiger partial charge in [-0.2, -0.15) is 0 Å². The number of rotatable bonds is 8. The zero-order valence-corrected chi connectivity index (χ0v) is 19.9. The average molecular weight is 481 g/mol. The molecule has 1 aliphatic carbocycles. The van der Waals surface area contributed by atoms with E-state index in [-0.39, 0.29) is 50.3 Å². The van der Waals surface area contributed by atoms with Crippen LogP contribution in [0.4, 0.5) is 4.79 Å². The number of aliphatic carboxylic acids is 1. The molecule has 0 saturated carbocycles. The van der Waals surface area contributed by atoms with Crippen molar-refractivity contribution in [2.45, 2.75) is 38.2 Å². The molecule has 35 heavy (non-hydrogen) atoms. The molecule has 2 amide bonds. The number of hydrogen-bond acceptors (Lipinski definition) is 5. The summed E-state index contributed by atoms with van der Waals surface area (Å²) in [5.41, 5.74) is 4.65. The minimum atomic E-state index is -0.998. The molecule has 0 bridgehead atoms. The number of β-amino-alcohol motifs (C(OH)–C–C–N with tert-alkyl or cyclic N) is 1. The van der Waals surface area contributed by atoms with Crippen molar-refractivity contribution >= 4 is 18.0 Å². The fraction of sp³-hybridized carbons (Fsp3) is 0.444. The number of carbonyl (C=O) groups excluding carboxylic acids is 2. The highest BCUT2D eigenvalue weighted by Crippen LogP contribution is 2.44. The molecular weight excluding hydrogens is 448 g/mol. The van der Waals surface area contributed by atoms with E-state index in [0.29, 0.717) is 13.0 Å². The van der Waals surface area contributed by atoms with E-state index >= 15 is 0 Å². The predicted molar refractivity (Wildman–Crippen MR) is 130 cm³/mol. The first-order valence-electron chi connectivity index (χ1n) is 12.1. The number of benzene rings is 2. The lowest BCUT2D eigenvalue weighted by Crippen LogP contribution is -2.48. The number of carboxylic acid groups (broad SMARTS) is 1. The molecule has 0 spiro atoms. The molecule has 1 fully saturated rings. The Labute approximate surface area is 204 Å². The van der Waals surface area contributed by atoms with Gasteiger partial charge in [0.2, 0.25) is 5.91 Å². The molecule has 1 saturated heterocycles. The summed E-state index contributed by atoms with van der Waals surface area (Å²) < 4.78 is 5.54. The monoisotopic (exact) mass is 480 g/mol. The molecule has 2 aromatic carbocycles. The third kappa shape index (κ3) is 5.82. The van der Waals surface area contributed by atoms with Crippen LogP contribution in [-0.2, 0) is 14.3 Å². The molecule has 0 aromatic heterocycles. The van der Waals surface area contributed by atoms with E-state index in [4.69, 9.17) is 4.74 Å². The van der Waals surface area contributed by atoms with Crippen LogP contribution < -0.4 is 5.32 Å². The van der Waals surface area contributed by atoms with Crippen molar-refractivity contribution in [3.05, 3.63) is 59.7 Å². The number of aliphatic hydroxyl groups excluding tert-OH is 1. The van der Waals surface area contributed by atoms with Crippen molar-refractivity contribution in [3.8, 4) is 11.1 Å². The third-order valence-corrected chi connectivity index (χ3v) is 6.90. The number of ether oxygens (including phenoxy) is 1. The van der Waals surface area contributed by atoms with Gasteiger partial charge in [-0.25, -0.2) is 4.79 Å². The summed E-state index contributed by atoms with van der Waals surface area (Å²) >= 11 is 0. The molecule has 3 atom stereocenters. The van der Waals surface area contributed by atoms with Crippen LogP contribution in [0.1, 0.15) is 43.2 Å². The van der Waals surface area contributed by atoms with Crippen LogP contribution in [0, 0.1) is 11.8 Å². The fourth-order valence-electron chi connectivity index (χ4n) is 5.05. The SMILES string of the molecule is CC(CCNC(=O)OCC1c2ccccc2-c2ccccc21)CC(=O)N1CC(O)CC(C(=O)O)C1. The van der Waals surface area contributed by atoms with Gasteiger partial charge in [0.15, 0.2) is 0 Å². The highest BCUT2D eigenvalue weighted by atomic mass is 16.5. The third-order valence-electron chi connectivity index (χ3n) is 6.90. The number of fused-ring (bicyclic) bond motifs is 3. The summed E-state index contributed by atoms with van der Waals surface area (Å²) in [5, 5.41) is 21.9. The largest absolute Gasteiger partial charge is 0.481 e. The first-order chi connectivity index (χ1) is 16.8. The first-order valence-corrected chi connectivity index (χ1v) is 12.1. The Morgan fingerprint density at radius 3 is 2.31 bits per heavy atom. The van der Waals surface area contributed by atoms with Gasteiger partial charge < -0.3 is 25.2 Å². The minimum absolute atomic E-state index is 0.000725. The van der Waals surface area contributed by atoms with E-state index < -0.39 is 24.1 Å². The van der Waals surface area contributed by atoms with E-state index in [1.54, 1.807) is 0 Å². The number of likely N-dealkylation sites (tertiary alicyclic amines) is 1. The van der Waals surface area contributed by atoms with Gasteiger partial charge in [-0.15, -0.1) is 0 Å². The maximum absolute atomic E-state index is 12.6. The number of piperidine rings is 1. The van der Waals surface area contributed by atoms with Gasteiger partial charge in [0.05, 0.1) is 12.0 Å². The van der Waals surface area contributed by atoms with Gasteiger partial charge in [-0.3, -0.25) is 9.59 Å². The lowest BCUT2D eigenvalue weighted by molar-refractivity contribution is -0.149. The van der Waals surface area contributed by atoms with Crippen molar-refractivity contribution in [1.82, 2.24) is 10.2 Å². The van der Waals surface area contributed by atoms with Crippen molar-refractivity contribution < 1.29 is 29.3 Å². The van der Waals surface area contributed by atoms with Gasteiger partial charge in [-0.05, 0) is 41.0 Å². The Morgan fingerprint density at radius 1 is 1.06 bits per heavy atom. The number of nitrogens with one attached hydrogen (secondary N) is 1. The highest BCUT2D eigenvalue weighted by molar-refractivity contribution is 5.79. The summed E-state index contributed by atoms with van der Waals surface area (Å²) in [6.45, 7) is 2.80. The second-order valence-electron chi connectivity index (χ2n) is 9.57. The van der Waals surface area contributed by atoms with E-state index in [1.165, 1.54) is 16.0 Å². The van der Waals surface area contributed by atoms with Crippen LogP contribution in [0.25, 0.3) is 11.1 Å². The lowest BCUT2D eigenvalue weighted by Gasteiger charge is -2.34. The van der Waals surface area contributed by atoms with Crippen LogP contribution in [0.5, 0.6) is 0 Å². The van der Waals surface area contributed by atoms with Gasteiger partial charge in [0.25, 0.3) is 0 Å². The summed E-state index contributed by atoms with van der Waals surface area (Å²) in [7, 11) is 0. The fourth-order valence-corrected chi connectivity index (χ4v) is 5.05. The number of carbonyl (C=O) groups is 3. The van der Waals surface area contributed by atoms with Crippen molar-refractivity contribution in [2.75, 3.05) is 26.2 Å². The van der Waals surface area contributed by atoms with E-state index in [9.17, 15) is 24.6 Å². The highest BCUT2D eigenvalue weighted by Gasteiger charge is 2.33. The molecule has 1 heterocycles. The predicted octanol–water partition coefficient (Wildman–Crippen LogP) is 3.24. The van der Waals surface area contributed by atoms with Gasteiger partial charge >= 0.3 is 12.1 Å². The Morgan fingerprint density at radius 2 is 1.69 bits per heavy atom. The van der Waals surface area contributed by atoms with E-state index in [1.807, 2.05) is 31.2 Å². The quantitative estimate of drug-likeness (QED) is 0.534. The standard InChI is InChI=1S/C27H32N2O6/c1-17(12-25(31)29-14-18(26(32)33)13-19(30)15-29)10-11-28-27(34)35-16-24-22-8-4-2-6-20(22)21-7-3-5-9-23(21)24/h2-9,17-19,24,30H,10-16H2,1H3,(H,28,34)(H,32,33). The lowest BCUT2D eigenvalue weighted by atomic mass is 9.95. The maximum atomic E-state index is 12.6. The molecule has 2 aromatic rings. The molecular formula is C27H32N2O6. The van der Waals surface area contributed by atoms with E-state index in [2.05, 4.69) is 29.6 Å². The van der Waals surface area contributed by atoms with Gasteiger partial charge in [-0.1, -0.05) is 55.5 Å². The number of alkyl carbamates (subject to hydrolysis) is 1. The van der Waals surface area contributed by atoms with Crippen molar-refractivity contribution in [2.24, 2.45) is 11.8 Å². The zero-order chi connectivity index (χ0) is 24.9. The topological polar surface area (TPSA) is 116 Å². The second kappa shape index (κ2) is 10.9. The Balaban J connectivity index is 1.21. The van der Waals surface area contributed by atoms with Crippen molar-refractivity contribution in [3.63, 3.8) is 0 Å². The molecule has 2 aliphatic rings. The van der Waals surface area contributed by atoms with Crippen molar-refractivity contribution in [1.29, 1.82) is 0 Å². The number of aliphatic hydroxyl groups is 1. The zero-order valence-electron chi connectivity index (χ0n) is 19.9. The normalized spacial score (nSPS) is 20.0. The Bertz CT molecular complexity index is 1040. The van der Waals surface area contributed by atoms with Gasteiger partial charge in [0, 0.05) is 32.0 Å². The molecule has 186 valence electrons. The maximum Gasteiger partial charge on any atom is 0.407 e. The van der Waals surface area contributed by atoms with Crippen LogP contribution in [0.3, 0.4) is 0 Å².